The van der Waals surface area contributed by atoms with Gasteiger partial charge in [-0.05, 0) is 66.2 Å². The summed E-state index contributed by atoms with van der Waals surface area (Å²) in [4.78, 5) is 41.1. The number of benzene rings is 3. The van der Waals surface area contributed by atoms with Crippen LogP contribution in [0.4, 0.5) is 5.69 Å². The van der Waals surface area contributed by atoms with Crippen LogP contribution in [0.5, 0.6) is 5.75 Å². The number of carbonyl (C=O) groups excluding carboxylic acids is 2. The Labute approximate surface area is 280 Å². The zero-order chi connectivity index (χ0) is 31.9. The molecule has 0 radical (unpaired) electrons. The molecule has 0 bridgehead atoms. The van der Waals surface area contributed by atoms with Gasteiger partial charge in [0.15, 0.2) is 0 Å². The molecule has 45 heavy (non-hydrogen) atoms. The smallest absolute Gasteiger partial charge is 0.335 e. The van der Waals surface area contributed by atoms with E-state index >= 15 is 0 Å². The Morgan fingerprint density at radius 3 is 2.53 bits per heavy atom. The van der Waals surface area contributed by atoms with Crippen LogP contribution >= 0.6 is 47.2 Å². The number of anilines is 1. The molecule has 0 spiro atoms. The van der Waals surface area contributed by atoms with E-state index < -0.39 is 5.97 Å². The van der Waals surface area contributed by atoms with Crippen molar-refractivity contribution in [3.05, 3.63) is 86.7 Å². The molecule has 0 saturated carbocycles. The Bertz CT molecular complexity index is 1640. The number of amides is 2. The highest BCUT2D eigenvalue weighted by Crippen LogP contribution is 2.37. The molecule has 234 valence electrons. The predicted octanol–water partition coefficient (Wildman–Crippen LogP) is 6.30. The molecule has 3 aromatic rings. The van der Waals surface area contributed by atoms with E-state index in [2.05, 4.69) is 10.2 Å². The van der Waals surface area contributed by atoms with Gasteiger partial charge in [-0.25, -0.2) is 4.79 Å². The third kappa shape index (κ3) is 8.63. The molecule has 3 aromatic carbocycles. The number of hydrogen-bond acceptors (Lipinski definition) is 8. The van der Waals surface area contributed by atoms with E-state index in [4.69, 9.17) is 50.0 Å². The average Bonchev–Trinajstić information content (AvgIpc) is 3.29. The molecule has 2 fully saturated rings. The summed E-state index contributed by atoms with van der Waals surface area (Å²) in [5, 5.41) is 12.8. The summed E-state index contributed by atoms with van der Waals surface area (Å²) in [5.41, 5.74) is 2.79. The van der Waals surface area contributed by atoms with Gasteiger partial charge < -0.3 is 19.9 Å². The minimum absolute atomic E-state index is 0.000939. The molecular formula is C32H29Cl2N3O6S2. The lowest BCUT2D eigenvalue weighted by molar-refractivity contribution is -0.122. The molecule has 13 heteroatoms. The number of morpholine rings is 1. The first kappa shape index (κ1) is 32.9. The second kappa shape index (κ2) is 15.2. The van der Waals surface area contributed by atoms with Crippen LogP contribution in [0.1, 0.15) is 22.3 Å². The number of hydrogen-bond donors (Lipinski definition) is 2. The van der Waals surface area contributed by atoms with Crippen molar-refractivity contribution in [2.45, 2.75) is 6.42 Å². The second-order valence-electron chi connectivity index (χ2n) is 10.2. The number of halogens is 2. The minimum atomic E-state index is -1.05. The van der Waals surface area contributed by atoms with Crippen LogP contribution in [0, 0.1) is 0 Å². The number of thiocarbonyl (C=S) groups is 1. The summed E-state index contributed by atoms with van der Waals surface area (Å²) in [6.07, 6.45) is 1.74. The van der Waals surface area contributed by atoms with Gasteiger partial charge in [0.05, 0.1) is 23.7 Å². The largest absolute Gasteiger partial charge is 0.492 e. The lowest BCUT2D eigenvalue weighted by Gasteiger charge is -2.26. The molecule has 0 unspecified atom stereocenters. The maximum Gasteiger partial charge on any atom is 0.335 e. The fourth-order valence-electron chi connectivity index (χ4n) is 4.76. The molecule has 2 amide bonds. The maximum atomic E-state index is 13.4. The minimum Gasteiger partial charge on any atom is -0.492 e. The molecule has 0 aromatic heterocycles. The van der Waals surface area contributed by atoms with Crippen molar-refractivity contribution in [1.29, 1.82) is 0 Å². The molecule has 0 atom stereocenters. The van der Waals surface area contributed by atoms with Gasteiger partial charge in [0.25, 0.3) is 5.91 Å². The van der Waals surface area contributed by atoms with Gasteiger partial charge in [0.1, 0.15) is 16.7 Å². The number of rotatable bonds is 11. The number of carboxylic acid groups (broad SMARTS) is 1. The zero-order valence-electron chi connectivity index (χ0n) is 24.0. The quantitative estimate of drug-likeness (QED) is 0.178. The monoisotopic (exact) mass is 685 g/mol. The van der Waals surface area contributed by atoms with Gasteiger partial charge in [-0.1, -0.05) is 53.2 Å². The highest BCUT2D eigenvalue weighted by atomic mass is 35.5. The first-order valence-corrected chi connectivity index (χ1v) is 16.1. The van der Waals surface area contributed by atoms with E-state index in [0.29, 0.717) is 56.1 Å². The van der Waals surface area contributed by atoms with E-state index in [1.807, 2.05) is 18.2 Å². The van der Waals surface area contributed by atoms with E-state index in [-0.39, 0.29) is 30.3 Å². The van der Waals surface area contributed by atoms with Crippen LogP contribution in [-0.4, -0.2) is 83.0 Å². The molecule has 9 nitrogen and oxygen atoms in total. The molecule has 2 aliphatic heterocycles. The first-order chi connectivity index (χ1) is 21.7. The summed E-state index contributed by atoms with van der Waals surface area (Å²) in [6, 6.07) is 16.7. The van der Waals surface area contributed by atoms with Crippen molar-refractivity contribution in [2.75, 3.05) is 51.3 Å². The Kier molecular flexibility index (Phi) is 11.1. The fourth-order valence-corrected chi connectivity index (χ4v) is 6.45. The number of thioether (sulfide) groups is 1. The van der Waals surface area contributed by atoms with Crippen molar-refractivity contribution in [2.24, 2.45) is 0 Å². The van der Waals surface area contributed by atoms with Crippen molar-refractivity contribution < 1.29 is 29.0 Å². The van der Waals surface area contributed by atoms with Crippen LogP contribution < -0.4 is 10.1 Å². The Morgan fingerprint density at radius 1 is 1.04 bits per heavy atom. The van der Waals surface area contributed by atoms with Crippen molar-refractivity contribution >= 4 is 81.0 Å². The number of aromatic carboxylic acids is 1. The van der Waals surface area contributed by atoms with E-state index in [0.717, 1.165) is 42.5 Å². The van der Waals surface area contributed by atoms with E-state index in [1.54, 1.807) is 24.3 Å². The fraction of sp³-hybridized carbons (Fsp3) is 0.250. The van der Waals surface area contributed by atoms with Crippen LogP contribution in [0.3, 0.4) is 0 Å². The topological polar surface area (TPSA) is 108 Å². The first-order valence-electron chi connectivity index (χ1n) is 14.1. The summed E-state index contributed by atoms with van der Waals surface area (Å²) in [7, 11) is 0. The highest BCUT2D eigenvalue weighted by molar-refractivity contribution is 8.26. The zero-order valence-corrected chi connectivity index (χ0v) is 27.1. The summed E-state index contributed by atoms with van der Waals surface area (Å²) in [6.45, 7) is 4.36. The third-order valence-corrected chi connectivity index (χ3v) is 9.10. The Hall–Kier alpha value is -3.45. The number of ether oxygens (including phenoxy) is 2. The van der Waals surface area contributed by atoms with Crippen molar-refractivity contribution in [3.63, 3.8) is 0 Å². The number of nitrogens with zero attached hydrogens (tertiary/aromatic N) is 2. The van der Waals surface area contributed by atoms with Gasteiger partial charge in [-0.15, -0.1) is 0 Å². The van der Waals surface area contributed by atoms with Gasteiger partial charge in [0.2, 0.25) is 5.91 Å². The lowest BCUT2D eigenvalue weighted by atomic mass is 10.0. The molecule has 0 aliphatic carbocycles. The highest BCUT2D eigenvalue weighted by Gasteiger charge is 2.32. The molecule has 5 rings (SSSR count). The molecule has 2 aliphatic rings. The van der Waals surface area contributed by atoms with Gasteiger partial charge in [0, 0.05) is 59.5 Å². The summed E-state index contributed by atoms with van der Waals surface area (Å²) in [5.74, 6) is -1.10. The predicted molar refractivity (Wildman–Crippen MR) is 181 cm³/mol. The standard InChI is InChI=1S/C32H29Cl2N3O6S2/c33-23-4-7-26(34)25(19-23)21-3-8-27(43-16-13-36-11-14-42-15-12-36)22(17-21)18-28-30(39)37(32(44)45-28)10-9-29(38)35-24-5-1-20(2-6-24)31(40)41/h1-8,17-19H,9-16H2,(H,35,38)(H,40,41). The molecule has 2 heterocycles. The SMILES string of the molecule is O=C(CCN1C(=O)C(=Cc2cc(-c3cc(Cl)ccc3Cl)ccc2OCCN2CCOCC2)SC1=S)Nc1ccc(C(=O)O)cc1. The maximum absolute atomic E-state index is 13.4. The van der Waals surface area contributed by atoms with E-state index in [1.165, 1.54) is 29.2 Å². The summed E-state index contributed by atoms with van der Waals surface area (Å²) < 4.78 is 12.0. The van der Waals surface area contributed by atoms with Gasteiger partial charge >= 0.3 is 5.97 Å². The normalized spacial score (nSPS) is 16.3. The average molecular weight is 687 g/mol. The molecule has 2 saturated heterocycles. The van der Waals surface area contributed by atoms with Crippen LogP contribution in [0.2, 0.25) is 10.0 Å². The number of carbonyl (C=O) groups is 3. The van der Waals surface area contributed by atoms with Gasteiger partial charge in [-0.3, -0.25) is 19.4 Å². The molecule has 2 N–H and O–H groups in total. The van der Waals surface area contributed by atoms with E-state index in [9.17, 15) is 14.4 Å². The van der Waals surface area contributed by atoms with Gasteiger partial charge in [-0.2, -0.15) is 0 Å². The molecular weight excluding hydrogens is 657 g/mol. The number of nitrogens with one attached hydrogen (secondary N) is 1. The van der Waals surface area contributed by atoms with Crippen LogP contribution in [0.25, 0.3) is 17.2 Å². The van der Waals surface area contributed by atoms with Crippen LogP contribution in [0.15, 0.2) is 65.6 Å². The second-order valence-corrected chi connectivity index (χ2v) is 12.7. The van der Waals surface area contributed by atoms with Crippen molar-refractivity contribution in [1.82, 2.24) is 9.80 Å². The van der Waals surface area contributed by atoms with Crippen LogP contribution in [-0.2, 0) is 14.3 Å². The lowest BCUT2D eigenvalue weighted by Crippen LogP contribution is -2.38. The third-order valence-electron chi connectivity index (χ3n) is 7.16. The Morgan fingerprint density at radius 2 is 1.80 bits per heavy atom. The number of carboxylic acids is 1. The summed E-state index contributed by atoms with van der Waals surface area (Å²) >= 11 is 19.4. The van der Waals surface area contributed by atoms with Crippen molar-refractivity contribution in [3.8, 4) is 16.9 Å². The Balaban J connectivity index is 1.31.